The van der Waals surface area contributed by atoms with Crippen LogP contribution < -0.4 is 10.6 Å². The topological polar surface area (TPSA) is 58.2 Å². The van der Waals surface area contributed by atoms with Crippen molar-refractivity contribution in [2.24, 2.45) is 0 Å². The Balaban J connectivity index is 1.87. The first-order valence-corrected chi connectivity index (χ1v) is 9.29. The number of benzene rings is 2. The fourth-order valence-corrected chi connectivity index (χ4v) is 2.74. The molecule has 2 N–H and O–H groups in total. The van der Waals surface area contributed by atoms with Crippen molar-refractivity contribution in [2.45, 2.75) is 32.1 Å². The van der Waals surface area contributed by atoms with Crippen LogP contribution in [0.15, 0.2) is 48.5 Å². The van der Waals surface area contributed by atoms with Gasteiger partial charge in [-0.3, -0.25) is 9.59 Å². The number of rotatable bonds is 6. The predicted octanol–water partition coefficient (Wildman–Crippen LogP) is 4.23. The Morgan fingerprint density at radius 1 is 1.04 bits per heavy atom. The number of nitrogens with one attached hydrogen (secondary N) is 2. The molecule has 0 atom stereocenters. The number of halogens is 1. The molecule has 2 amide bonds. The summed E-state index contributed by atoms with van der Waals surface area (Å²) in [4.78, 5) is 24.1. The van der Waals surface area contributed by atoms with E-state index in [-0.39, 0.29) is 28.9 Å². The third-order valence-corrected chi connectivity index (χ3v) is 4.74. The lowest BCUT2D eigenvalue weighted by atomic mass is 10.1. The van der Waals surface area contributed by atoms with Crippen LogP contribution in [-0.2, 0) is 11.3 Å². The Bertz CT molecular complexity index is 770. The highest BCUT2D eigenvalue weighted by molar-refractivity contribution is 8.01. The van der Waals surface area contributed by atoms with E-state index in [9.17, 15) is 14.0 Å². The highest BCUT2D eigenvalue weighted by atomic mass is 32.2. The maximum Gasteiger partial charge on any atom is 0.251 e. The second-order valence-corrected chi connectivity index (χ2v) is 8.60. The highest BCUT2D eigenvalue weighted by Gasteiger charge is 2.13. The van der Waals surface area contributed by atoms with E-state index in [0.29, 0.717) is 22.6 Å². The number of amides is 2. The van der Waals surface area contributed by atoms with Gasteiger partial charge >= 0.3 is 0 Å². The number of carbonyl (C=O) groups is 2. The van der Waals surface area contributed by atoms with Gasteiger partial charge in [-0.1, -0.05) is 39.0 Å². The molecule has 4 nitrogen and oxygen atoms in total. The molecule has 0 bridgehead atoms. The summed E-state index contributed by atoms with van der Waals surface area (Å²) in [6, 6.07) is 12.9. The van der Waals surface area contributed by atoms with Crippen LogP contribution >= 0.6 is 11.8 Å². The van der Waals surface area contributed by atoms with Crippen LogP contribution in [0.1, 0.15) is 36.7 Å². The van der Waals surface area contributed by atoms with Gasteiger partial charge in [0, 0.05) is 28.1 Å². The number of anilines is 1. The van der Waals surface area contributed by atoms with Gasteiger partial charge in [-0.15, -0.1) is 11.8 Å². The predicted molar refractivity (Wildman–Crippen MR) is 105 cm³/mol. The normalized spacial score (nSPS) is 11.1. The molecule has 0 aliphatic carbocycles. The van der Waals surface area contributed by atoms with E-state index in [1.165, 1.54) is 6.07 Å². The molecule has 6 heteroatoms. The van der Waals surface area contributed by atoms with Crippen molar-refractivity contribution in [1.29, 1.82) is 0 Å². The van der Waals surface area contributed by atoms with Crippen molar-refractivity contribution in [3.05, 3.63) is 65.5 Å². The average molecular weight is 374 g/mol. The van der Waals surface area contributed by atoms with Crippen LogP contribution in [0, 0.1) is 5.82 Å². The van der Waals surface area contributed by atoms with E-state index in [2.05, 4.69) is 31.4 Å². The molecule has 0 fully saturated rings. The van der Waals surface area contributed by atoms with Gasteiger partial charge in [0.15, 0.2) is 0 Å². The lowest BCUT2D eigenvalue weighted by molar-refractivity contribution is -0.113. The molecule has 0 unspecified atom stereocenters. The van der Waals surface area contributed by atoms with Crippen LogP contribution in [0.2, 0.25) is 0 Å². The number of hydrogen-bond acceptors (Lipinski definition) is 3. The zero-order valence-corrected chi connectivity index (χ0v) is 16.0. The first kappa shape index (κ1) is 20.0. The second kappa shape index (κ2) is 8.85. The van der Waals surface area contributed by atoms with Crippen molar-refractivity contribution in [1.82, 2.24) is 5.32 Å². The van der Waals surface area contributed by atoms with Crippen LogP contribution in [0.25, 0.3) is 0 Å². The monoisotopic (exact) mass is 374 g/mol. The summed E-state index contributed by atoms with van der Waals surface area (Å²) in [5.74, 6) is -0.357. The molecule has 2 rings (SSSR count). The second-order valence-electron chi connectivity index (χ2n) is 6.80. The molecule has 26 heavy (non-hydrogen) atoms. The zero-order chi connectivity index (χ0) is 19.2. The Labute approximate surface area is 157 Å². The molecule has 2 aromatic carbocycles. The van der Waals surface area contributed by atoms with Gasteiger partial charge in [-0.05, 0) is 30.3 Å². The average Bonchev–Trinajstić information content (AvgIpc) is 2.59. The van der Waals surface area contributed by atoms with Crippen molar-refractivity contribution >= 4 is 29.3 Å². The van der Waals surface area contributed by atoms with E-state index >= 15 is 0 Å². The van der Waals surface area contributed by atoms with E-state index in [1.807, 2.05) is 0 Å². The summed E-state index contributed by atoms with van der Waals surface area (Å²) >= 11 is 1.57. The first-order chi connectivity index (χ1) is 12.2. The highest BCUT2D eigenvalue weighted by Crippen LogP contribution is 2.23. The maximum atomic E-state index is 13.6. The van der Waals surface area contributed by atoms with Crippen LogP contribution in [0.3, 0.4) is 0 Å². The van der Waals surface area contributed by atoms with Crippen molar-refractivity contribution in [2.75, 3.05) is 11.1 Å². The molecule has 0 saturated heterocycles. The maximum absolute atomic E-state index is 13.6. The van der Waals surface area contributed by atoms with Gasteiger partial charge in [-0.2, -0.15) is 0 Å². The smallest absolute Gasteiger partial charge is 0.251 e. The molecule has 2 aromatic rings. The van der Waals surface area contributed by atoms with Crippen LogP contribution in [-0.4, -0.2) is 22.3 Å². The summed E-state index contributed by atoms with van der Waals surface area (Å²) in [6.45, 7) is 6.28. The van der Waals surface area contributed by atoms with Crippen molar-refractivity contribution < 1.29 is 14.0 Å². The van der Waals surface area contributed by atoms with Crippen LogP contribution in [0.4, 0.5) is 10.1 Å². The lowest BCUT2D eigenvalue weighted by Gasteiger charge is -2.17. The first-order valence-electron chi connectivity index (χ1n) is 8.30. The molecule has 0 aromatic heterocycles. The summed E-state index contributed by atoms with van der Waals surface area (Å²) in [7, 11) is 0. The quantitative estimate of drug-likeness (QED) is 0.796. The number of carbonyl (C=O) groups excluding carboxylic acids is 2. The van der Waals surface area contributed by atoms with Crippen LogP contribution in [0.5, 0.6) is 0 Å². The summed E-state index contributed by atoms with van der Waals surface area (Å²) in [5.41, 5.74) is 1.51. The molecular weight excluding hydrogens is 351 g/mol. The number of thioether (sulfide) groups is 1. The molecule has 0 saturated carbocycles. The SMILES string of the molecule is CC(C)(C)SCC(=O)Nc1ccc(C(=O)NCc2ccccc2F)cc1. The van der Waals surface area contributed by atoms with Gasteiger partial charge in [0.1, 0.15) is 5.82 Å². The van der Waals surface area contributed by atoms with E-state index in [4.69, 9.17) is 0 Å². The fourth-order valence-electron chi connectivity index (χ4n) is 2.10. The molecule has 0 heterocycles. The van der Waals surface area contributed by atoms with Gasteiger partial charge < -0.3 is 10.6 Å². The third kappa shape index (κ3) is 6.52. The standard InChI is InChI=1S/C20H23FN2O2S/c1-20(2,3)26-13-18(24)23-16-10-8-14(9-11-16)19(25)22-12-15-6-4-5-7-17(15)21/h4-11H,12-13H2,1-3H3,(H,22,25)(H,23,24). The molecule has 0 aliphatic rings. The van der Waals surface area contributed by atoms with E-state index < -0.39 is 0 Å². The fraction of sp³-hybridized carbons (Fsp3) is 0.300. The Morgan fingerprint density at radius 3 is 2.31 bits per heavy atom. The zero-order valence-electron chi connectivity index (χ0n) is 15.1. The summed E-state index contributed by atoms with van der Waals surface area (Å²) in [6.07, 6.45) is 0. The van der Waals surface area contributed by atoms with E-state index in [0.717, 1.165) is 0 Å². The molecule has 0 radical (unpaired) electrons. The Kier molecular flexibility index (Phi) is 6.80. The minimum absolute atomic E-state index is 0.0253. The minimum Gasteiger partial charge on any atom is -0.348 e. The van der Waals surface area contributed by atoms with Gasteiger partial charge in [-0.25, -0.2) is 4.39 Å². The minimum atomic E-state index is -0.348. The molecular formula is C20H23FN2O2S. The third-order valence-electron chi connectivity index (χ3n) is 3.46. The molecule has 0 aliphatic heterocycles. The Hall–Kier alpha value is -2.34. The Morgan fingerprint density at radius 2 is 1.69 bits per heavy atom. The molecule has 0 spiro atoms. The van der Waals surface area contributed by atoms with E-state index in [1.54, 1.807) is 54.2 Å². The number of hydrogen-bond donors (Lipinski definition) is 2. The largest absolute Gasteiger partial charge is 0.348 e. The lowest BCUT2D eigenvalue weighted by Crippen LogP contribution is -2.23. The summed E-state index contributed by atoms with van der Waals surface area (Å²) in [5, 5.41) is 5.49. The van der Waals surface area contributed by atoms with Gasteiger partial charge in [0.05, 0.1) is 5.75 Å². The summed E-state index contributed by atoms with van der Waals surface area (Å²) < 4.78 is 13.6. The van der Waals surface area contributed by atoms with Gasteiger partial charge in [0.25, 0.3) is 5.91 Å². The molecule has 138 valence electrons. The van der Waals surface area contributed by atoms with Gasteiger partial charge in [0.2, 0.25) is 5.91 Å². The van der Waals surface area contributed by atoms with Crippen molar-refractivity contribution in [3.8, 4) is 0 Å². The van der Waals surface area contributed by atoms with Crippen molar-refractivity contribution in [3.63, 3.8) is 0 Å².